The van der Waals surface area contributed by atoms with E-state index < -0.39 is 58.5 Å². The number of hydrogen-bond acceptors (Lipinski definition) is 6. The summed E-state index contributed by atoms with van der Waals surface area (Å²) < 4.78 is 16.9. The van der Waals surface area contributed by atoms with Crippen molar-refractivity contribution in [2.45, 2.75) is 63.8 Å². The van der Waals surface area contributed by atoms with Crippen molar-refractivity contribution in [2.24, 2.45) is 34.3 Å². The number of rotatable bonds is 2. The molecule has 4 aliphatic rings. The molecule has 0 radical (unpaired) electrons. The SMILES string of the molecule is C[C@@H]1C[C@H]2[C@@H]3CCC4=CC(=O)C=C[C@]4(C)[C@@]3(F)[C@@H](O)C[C@]2(C)[C@@]1(O)C(=O)CO.NC(=O)O. The Labute approximate surface area is 186 Å². The average Bonchev–Trinajstić information content (AvgIpc) is 2.90. The molecule has 9 heteroatoms. The van der Waals surface area contributed by atoms with Crippen LogP contribution in [0.25, 0.3) is 0 Å². The summed E-state index contributed by atoms with van der Waals surface area (Å²) in [6, 6.07) is 0. The Kier molecular flexibility index (Phi) is 5.94. The number of Topliss-reactive ketones (excluding diaryl/α,β-unsaturated/α-hetero) is 1. The summed E-state index contributed by atoms with van der Waals surface area (Å²) >= 11 is 0. The van der Waals surface area contributed by atoms with E-state index in [0.717, 1.165) is 0 Å². The Hall–Kier alpha value is -2.10. The molecular formula is C23H32FNO7. The van der Waals surface area contributed by atoms with Gasteiger partial charge in [-0.25, -0.2) is 9.18 Å². The number of ketones is 2. The molecular weight excluding hydrogens is 421 g/mol. The lowest BCUT2D eigenvalue weighted by atomic mass is 9.44. The number of fused-ring (bicyclic) bond motifs is 5. The van der Waals surface area contributed by atoms with Gasteiger partial charge in [0.25, 0.3) is 0 Å². The van der Waals surface area contributed by atoms with Crippen LogP contribution in [-0.4, -0.2) is 62.1 Å². The van der Waals surface area contributed by atoms with E-state index >= 15 is 4.39 Å². The van der Waals surface area contributed by atoms with Crippen molar-refractivity contribution in [1.29, 1.82) is 0 Å². The zero-order valence-corrected chi connectivity index (χ0v) is 18.5. The van der Waals surface area contributed by atoms with Gasteiger partial charge >= 0.3 is 6.09 Å². The fourth-order valence-corrected chi connectivity index (χ4v) is 7.26. The number of allylic oxidation sites excluding steroid dienone is 4. The summed E-state index contributed by atoms with van der Waals surface area (Å²) in [7, 11) is 0. The van der Waals surface area contributed by atoms with Gasteiger partial charge in [0, 0.05) is 16.7 Å². The predicted octanol–water partition coefficient (Wildman–Crippen LogP) is 1.52. The van der Waals surface area contributed by atoms with Gasteiger partial charge in [0.1, 0.15) is 12.2 Å². The zero-order chi connectivity index (χ0) is 24.3. The molecule has 0 aromatic carbocycles. The van der Waals surface area contributed by atoms with E-state index in [9.17, 15) is 24.9 Å². The first-order chi connectivity index (χ1) is 14.7. The number of carbonyl (C=O) groups excluding carboxylic acids is 2. The lowest BCUT2D eigenvalue weighted by Gasteiger charge is -2.62. The molecule has 32 heavy (non-hydrogen) atoms. The lowest BCUT2D eigenvalue weighted by molar-refractivity contribution is -0.219. The van der Waals surface area contributed by atoms with Gasteiger partial charge in [0.15, 0.2) is 17.2 Å². The van der Waals surface area contributed by atoms with Gasteiger partial charge in [-0.15, -0.1) is 0 Å². The number of hydrogen-bond donors (Lipinski definition) is 5. The van der Waals surface area contributed by atoms with Crippen molar-refractivity contribution in [3.8, 4) is 0 Å². The van der Waals surface area contributed by atoms with E-state index in [4.69, 9.17) is 9.90 Å². The summed E-state index contributed by atoms with van der Waals surface area (Å²) in [5.41, 5.74) is -1.14. The molecule has 0 bridgehead atoms. The predicted molar refractivity (Wildman–Crippen MR) is 112 cm³/mol. The molecule has 4 rings (SSSR count). The number of aliphatic hydroxyl groups excluding tert-OH is 2. The average molecular weight is 454 g/mol. The van der Waals surface area contributed by atoms with Crippen LogP contribution in [-0.2, 0) is 9.59 Å². The first-order valence-electron chi connectivity index (χ1n) is 10.9. The van der Waals surface area contributed by atoms with Gasteiger partial charge in [-0.05, 0) is 56.6 Å². The molecule has 8 atom stereocenters. The maximum atomic E-state index is 16.9. The highest BCUT2D eigenvalue weighted by atomic mass is 19.1. The van der Waals surface area contributed by atoms with Crippen molar-refractivity contribution in [3.63, 3.8) is 0 Å². The summed E-state index contributed by atoms with van der Waals surface area (Å²) in [6.07, 6.45) is 3.11. The summed E-state index contributed by atoms with van der Waals surface area (Å²) in [6.45, 7) is 4.48. The van der Waals surface area contributed by atoms with Gasteiger partial charge in [-0.3, -0.25) is 9.59 Å². The van der Waals surface area contributed by atoms with Gasteiger partial charge in [-0.1, -0.05) is 25.5 Å². The van der Waals surface area contributed by atoms with Crippen LogP contribution in [0.15, 0.2) is 23.8 Å². The van der Waals surface area contributed by atoms with Crippen LogP contribution in [0.5, 0.6) is 0 Å². The number of carboxylic acid groups (broad SMARTS) is 1. The van der Waals surface area contributed by atoms with E-state index in [-0.39, 0.29) is 18.1 Å². The molecule has 1 amide bonds. The van der Waals surface area contributed by atoms with Crippen molar-refractivity contribution in [3.05, 3.63) is 23.8 Å². The molecule has 0 aromatic rings. The Morgan fingerprint density at radius 2 is 1.88 bits per heavy atom. The molecule has 178 valence electrons. The van der Waals surface area contributed by atoms with Crippen LogP contribution >= 0.6 is 0 Å². The number of amides is 1. The Morgan fingerprint density at radius 3 is 2.44 bits per heavy atom. The maximum Gasteiger partial charge on any atom is 0.402 e. The molecule has 4 aliphatic carbocycles. The van der Waals surface area contributed by atoms with Crippen LogP contribution in [0.2, 0.25) is 0 Å². The molecule has 3 fully saturated rings. The Balaban J connectivity index is 0.000000668. The highest BCUT2D eigenvalue weighted by Crippen LogP contribution is 2.70. The van der Waals surface area contributed by atoms with Crippen LogP contribution in [0.1, 0.15) is 46.5 Å². The molecule has 0 aromatic heterocycles. The minimum absolute atomic E-state index is 0.0676. The van der Waals surface area contributed by atoms with Gasteiger partial charge in [0.05, 0.1) is 6.10 Å². The zero-order valence-electron chi connectivity index (χ0n) is 18.5. The van der Waals surface area contributed by atoms with Crippen LogP contribution in [0.3, 0.4) is 0 Å². The molecule has 3 saturated carbocycles. The maximum absolute atomic E-state index is 16.9. The summed E-state index contributed by atoms with van der Waals surface area (Å²) in [5.74, 6) is -2.12. The van der Waals surface area contributed by atoms with Crippen molar-refractivity contribution in [2.75, 3.05) is 6.61 Å². The standard InChI is InChI=1S/C22H29FO5.CH3NO2/c1-12-8-16-15-5-4-13-9-14(25)6-7-19(13,2)21(15,23)17(26)10-20(16,3)22(12,28)18(27)11-24;2-1(3)4/h6-7,9,12,15-17,24,26,28H,4-5,8,10-11H2,1-3H3;2H2,(H,3,4)/t12-,15+,16+,17+,19+,20+,21+,22+;/m1./s1. The molecule has 0 saturated heterocycles. The van der Waals surface area contributed by atoms with Gasteiger partial charge in [-0.2, -0.15) is 0 Å². The first-order valence-corrected chi connectivity index (χ1v) is 10.9. The van der Waals surface area contributed by atoms with Crippen molar-refractivity contribution in [1.82, 2.24) is 0 Å². The van der Waals surface area contributed by atoms with E-state index in [1.54, 1.807) is 26.8 Å². The molecule has 0 unspecified atom stereocenters. The van der Waals surface area contributed by atoms with Crippen LogP contribution in [0, 0.1) is 28.6 Å². The second-order valence-electron chi connectivity index (χ2n) is 10.1. The monoisotopic (exact) mass is 453 g/mol. The summed E-state index contributed by atoms with van der Waals surface area (Å²) in [5, 5.41) is 39.2. The van der Waals surface area contributed by atoms with Crippen LogP contribution < -0.4 is 5.73 Å². The van der Waals surface area contributed by atoms with E-state index in [1.807, 2.05) is 0 Å². The number of primary amides is 1. The third kappa shape index (κ3) is 3.01. The third-order valence-electron chi connectivity index (χ3n) is 8.79. The Bertz CT molecular complexity index is 899. The first kappa shape index (κ1) is 24.5. The highest BCUT2D eigenvalue weighted by molar-refractivity contribution is 6.01. The van der Waals surface area contributed by atoms with Crippen molar-refractivity contribution < 1.29 is 39.2 Å². The fourth-order valence-electron chi connectivity index (χ4n) is 7.26. The third-order valence-corrected chi connectivity index (χ3v) is 8.79. The van der Waals surface area contributed by atoms with E-state index in [0.29, 0.717) is 24.8 Å². The minimum atomic E-state index is -1.98. The van der Waals surface area contributed by atoms with Gasteiger partial charge < -0.3 is 26.2 Å². The van der Waals surface area contributed by atoms with E-state index in [1.165, 1.54) is 12.2 Å². The number of carbonyl (C=O) groups is 3. The second-order valence-corrected chi connectivity index (χ2v) is 10.1. The van der Waals surface area contributed by atoms with E-state index in [2.05, 4.69) is 5.73 Å². The molecule has 0 aliphatic heterocycles. The normalized spacial score (nSPS) is 46.7. The Morgan fingerprint density at radius 1 is 1.28 bits per heavy atom. The fraction of sp³-hybridized carbons (Fsp3) is 0.696. The largest absolute Gasteiger partial charge is 0.465 e. The number of halogens is 1. The molecule has 0 heterocycles. The van der Waals surface area contributed by atoms with Gasteiger partial charge in [0.2, 0.25) is 0 Å². The number of aliphatic hydroxyl groups is 3. The minimum Gasteiger partial charge on any atom is -0.465 e. The quantitative estimate of drug-likeness (QED) is 0.424. The summed E-state index contributed by atoms with van der Waals surface area (Å²) in [4.78, 5) is 33.2. The van der Waals surface area contributed by atoms with Crippen LogP contribution in [0.4, 0.5) is 9.18 Å². The number of alkyl halides is 1. The lowest BCUT2D eigenvalue weighted by Crippen LogP contribution is -2.69. The second kappa shape index (κ2) is 7.74. The molecule has 8 nitrogen and oxygen atoms in total. The highest BCUT2D eigenvalue weighted by Gasteiger charge is 2.75. The molecule has 0 spiro atoms. The smallest absolute Gasteiger partial charge is 0.402 e. The number of nitrogens with two attached hydrogens (primary N) is 1. The van der Waals surface area contributed by atoms with Crippen molar-refractivity contribution >= 4 is 17.7 Å². The topological polar surface area (TPSA) is 158 Å². The molecule has 6 N–H and O–H groups in total.